The molecule has 5 atom stereocenters. The third kappa shape index (κ3) is 7.22. The van der Waals surface area contributed by atoms with Crippen molar-refractivity contribution in [3.63, 3.8) is 0 Å². The number of thiol groups is 1. The number of H-pyrrole nitrogens is 1. The van der Waals surface area contributed by atoms with Crippen molar-refractivity contribution in [3.8, 4) is 0 Å². The highest BCUT2D eigenvalue weighted by atomic mass is 32.1. The Kier molecular flexibility index (Phi) is 10.7. The van der Waals surface area contributed by atoms with Gasteiger partial charge < -0.3 is 36.3 Å². The van der Waals surface area contributed by atoms with Gasteiger partial charge in [-0.1, -0.05) is 13.8 Å². The number of allylic oxidation sites excluding steroid dienone is 2. The van der Waals surface area contributed by atoms with Crippen LogP contribution in [0.3, 0.4) is 0 Å². The predicted molar refractivity (Wildman–Crippen MR) is 174 cm³/mol. The van der Waals surface area contributed by atoms with Crippen LogP contribution in [0.15, 0.2) is 45.9 Å². The fraction of sp³-hybridized carbons (Fsp3) is 0.455. The van der Waals surface area contributed by atoms with E-state index in [1.165, 1.54) is 6.08 Å². The number of hydrogen-bond acceptors (Lipinski definition) is 7. The Hall–Kier alpha value is -4.19. The normalized spacial score (nSPS) is 27.7. The first-order valence-electron chi connectivity index (χ1n) is 15.2. The van der Waals surface area contributed by atoms with Crippen LogP contribution in [-0.4, -0.2) is 56.1 Å². The molecule has 2 saturated heterocycles. The molecule has 12 heteroatoms. The van der Waals surface area contributed by atoms with Gasteiger partial charge in [-0.3, -0.25) is 19.2 Å². The van der Waals surface area contributed by atoms with Crippen molar-refractivity contribution in [1.82, 2.24) is 20.9 Å². The minimum Gasteiger partial charge on any atom is -0.516 e. The number of aliphatic hydroxyl groups excluding tert-OH is 1. The van der Waals surface area contributed by atoms with Gasteiger partial charge in [0.05, 0.1) is 18.2 Å². The first-order chi connectivity index (χ1) is 21.4. The van der Waals surface area contributed by atoms with E-state index in [0.717, 1.165) is 57.6 Å². The van der Waals surface area contributed by atoms with Gasteiger partial charge in [-0.15, -0.1) is 0 Å². The third-order valence-electron chi connectivity index (χ3n) is 9.25. The van der Waals surface area contributed by atoms with E-state index in [2.05, 4.69) is 33.6 Å². The van der Waals surface area contributed by atoms with Gasteiger partial charge in [-0.05, 0) is 91.0 Å². The molecule has 1 aromatic heterocycles. The van der Waals surface area contributed by atoms with E-state index in [-0.39, 0.29) is 61.4 Å². The van der Waals surface area contributed by atoms with Gasteiger partial charge in [0.15, 0.2) is 0 Å². The van der Waals surface area contributed by atoms with Crippen molar-refractivity contribution in [2.24, 2.45) is 17.8 Å². The number of carboxylic acid groups (broad SMARTS) is 2. The summed E-state index contributed by atoms with van der Waals surface area (Å²) in [6.45, 7) is 7.81. The van der Waals surface area contributed by atoms with Crippen molar-refractivity contribution in [2.75, 3.05) is 0 Å². The van der Waals surface area contributed by atoms with E-state index >= 15 is 0 Å². The van der Waals surface area contributed by atoms with Gasteiger partial charge in [-0.2, -0.15) is 12.6 Å². The van der Waals surface area contributed by atoms with Gasteiger partial charge in [0.1, 0.15) is 0 Å². The molecule has 0 saturated carbocycles. The Morgan fingerprint density at radius 2 is 1.64 bits per heavy atom. The number of amides is 2. The van der Waals surface area contributed by atoms with Crippen molar-refractivity contribution in [1.29, 1.82) is 0 Å². The average molecular weight is 639 g/mol. The molecular weight excluding hydrogens is 596 g/mol. The molecule has 2 amide bonds. The molecule has 3 aliphatic rings. The average Bonchev–Trinajstić information content (AvgIpc) is 3.63. The quantitative estimate of drug-likeness (QED) is 0.123. The zero-order chi connectivity index (χ0) is 33.0. The summed E-state index contributed by atoms with van der Waals surface area (Å²) in [5.74, 6) is -2.84. The first-order valence-corrected chi connectivity index (χ1v) is 15.7. The van der Waals surface area contributed by atoms with Crippen LogP contribution in [0, 0.1) is 24.7 Å². The number of carboxylic acids is 2. The standard InChI is InChI=1S/C33H42N4O7S/c1-5-19-18(4)32(43)36-26(19)12-24-16(2)20(6-8-30(39)40)27(34-24)14-28-21(7-9-31(41)42)17(3)25(35-28)13-29-23(15-45)22(10-11-38)33(44)37-29/h10-12,14-15,18-19,22,25,29,34-35,38,45H,5-9,13H2,1-4H3,(H,36,43)(H,37,44)(H,39,40)(H,41,42)/b11-10+,23-15-,26-12+,28-14-/t18-,19-,22?,25?,29-/m1/s1. The monoisotopic (exact) mass is 638 g/mol. The second-order valence-corrected chi connectivity index (χ2v) is 12.2. The van der Waals surface area contributed by atoms with E-state index in [4.69, 9.17) is 0 Å². The summed E-state index contributed by atoms with van der Waals surface area (Å²) in [5.41, 5.74) is 7.22. The van der Waals surface area contributed by atoms with Crippen LogP contribution in [0.5, 0.6) is 0 Å². The SMILES string of the molecule is CC[C@H]1/C(=C\c2[nH]c(/C=C3\NC(C[C@H]4NC(=O)C(/C=C/O)/C4=C/S)C(C)=C3CCC(=O)O)c(CCC(=O)O)c2C)NC(=O)[C@@H]1C. The second kappa shape index (κ2) is 14.3. The number of aromatic amines is 1. The number of aliphatic carboxylic acids is 2. The van der Waals surface area contributed by atoms with E-state index in [1.54, 1.807) is 5.41 Å². The summed E-state index contributed by atoms with van der Waals surface area (Å²) in [4.78, 5) is 51.6. The predicted octanol–water partition coefficient (Wildman–Crippen LogP) is 4.36. The number of aliphatic hydroxyl groups is 1. The van der Waals surface area contributed by atoms with E-state index < -0.39 is 17.9 Å². The molecule has 4 heterocycles. The maximum absolute atomic E-state index is 12.6. The molecule has 3 aliphatic heterocycles. The molecule has 45 heavy (non-hydrogen) atoms. The third-order valence-corrected chi connectivity index (χ3v) is 9.55. The summed E-state index contributed by atoms with van der Waals surface area (Å²) in [6.07, 6.45) is 7.76. The van der Waals surface area contributed by atoms with Gasteiger partial charge in [0, 0.05) is 53.5 Å². The molecule has 0 radical (unpaired) electrons. The molecule has 2 fully saturated rings. The maximum atomic E-state index is 12.6. The van der Waals surface area contributed by atoms with E-state index in [9.17, 15) is 34.5 Å². The summed E-state index contributed by atoms with van der Waals surface area (Å²) in [5, 5.41) is 39.3. The molecule has 0 aromatic carbocycles. The fourth-order valence-electron chi connectivity index (χ4n) is 6.65. The second-order valence-electron chi connectivity index (χ2n) is 11.9. The van der Waals surface area contributed by atoms with E-state index in [1.807, 2.05) is 39.8 Å². The van der Waals surface area contributed by atoms with Crippen molar-refractivity contribution in [2.45, 2.75) is 78.3 Å². The van der Waals surface area contributed by atoms with Crippen LogP contribution in [0.2, 0.25) is 0 Å². The highest BCUT2D eigenvalue weighted by Gasteiger charge is 2.39. The van der Waals surface area contributed by atoms with Crippen LogP contribution in [-0.2, 0) is 25.6 Å². The molecule has 0 aliphatic carbocycles. The molecule has 0 spiro atoms. The zero-order valence-electron chi connectivity index (χ0n) is 25.9. The highest BCUT2D eigenvalue weighted by molar-refractivity contribution is 7.83. The Morgan fingerprint density at radius 1 is 0.956 bits per heavy atom. The van der Waals surface area contributed by atoms with E-state index in [0.29, 0.717) is 12.1 Å². The van der Waals surface area contributed by atoms with Crippen molar-refractivity contribution >= 4 is 48.5 Å². The molecule has 7 N–H and O–H groups in total. The highest BCUT2D eigenvalue weighted by Crippen LogP contribution is 2.37. The Labute approximate surface area is 268 Å². The molecule has 11 nitrogen and oxygen atoms in total. The van der Waals surface area contributed by atoms with Crippen LogP contribution in [0.1, 0.15) is 75.4 Å². The zero-order valence-corrected chi connectivity index (χ0v) is 26.8. The minimum atomic E-state index is -0.926. The Morgan fingerprint density at radius 3 is 2.27 bits per heavy atom. The lowest BCUT2D eigenvalue weighted by Gasteiger charge is -2.20. The van der Waals surface area contributed by atoms with Crippen LogP contribution >= 0.6 is 12.6 Å². The molecule has 1 aromatic rings. The van der Waals surface area contributed by atoms with Crippen LogP contribution < -0.4 is 16.0 Å². The summed E-state index contributed by atoms with van der Waals surface area (Å²) in [6, 6.07) is -0.581. The summed E-state index contributed by atoms with van der Waals surface area (Å²) < 4.78 is 0. The lowest BCUT2D eigenvalue weighted by molar-refractivity contribution is -0.138. The lowest BCUT2D eigenvalue weighted by Crippen LogP contribution is -2.35. The van der Waals surface area contributed by atoms with Gasteiger partial charge in [0.2, 0.25) is 11.8 Å². The molecular formula is C33H42N4O7S. The molecule has 242 valence electrons. The van der Waals surface area contributed by atoms with Crippen LogP contribution in [0.25, 0.3) is 12.2 Å². The smallest absolute Gasteiger partial charge is 0.303 e. The number of carbonyl (C=O) groups excluding carboxylic acids is 2. The number of carbonyl (C=O) groups is 4. The number of nitrogens with one attached hydrogen (secondary N) is 4. The van der Waals surface area contributed by atoms with Gasteiger partial charge in [-0.25, -0.2) is 0 Å². The molecule has 2 unspecified atom stereocenters. The summed E-state index contributed by atoms with van der Waals surface area (Å²) in [7, 11) is 0. The topological polar surface area (TPSA) is 181 Å². The van der Waals surface area contributed by atoms with Gasteiger partial charge >= 0.3 is 11.9 Å². The number of aromatic nitrogens is 1. The largest absolute Gasteiger partial charge is 0.516 e. The van der Waals surface area contributed by atoms with Gasteiger partial charge in [0.25, 0.3) is 0 Å². The van der Waals surface area contributed by atoms with Crippen molar-refractivity contribution in [3.05, 3.63) is 68.4 Å². The summed E-state index contributed by atoms with van der Waals surface area (Å²) >= 11 is 4.31. The Balaban J connectivity index is 1.73. The molecule has 0 bridgehead atoms. The lowest BCUT2D eigenvalue weighted by atomic mass is 9.92. The van der Waals surface area contributed by atoms with Crippen LogP contribution in [0.4, 0.5) is 0 Å². The number of hydrogen-bond donors (Lipinski definition) is 8. The number of rotatable bonds is 12. The van der Waals surface area contributed by atoms with Crippen molar-refractivity contribution < 1.29 is 34.5 Å². The Bertz CT molecular complexity index is 1530. The fourth-order valence-corrected chi connectivity index (χ4v) is 6.99. The maximum Gasteiger partial charge on any atom is 0.303 e. The minimum absolute atomic E-state index is 0.0243. The molecule has 4 rings (SSSR count). The first kappa shape index (κ1) is 33.7.